The Morgan fingerprint density at radius 3 is 2.16 bits per heavy atom. The largest absolute Gasteiger partial charge is 0.457 e. The van der Waals surface area contributed by atoms with Crippen molar-refractivity contribution >= 4 is 43.2 Å². The van der Waals surface area contributed by atoms with Crippen molar-refractivity contribution in [3.63, 3.8) is 0 Å². The van der Waals surface area contributed by atoms with Gasteiger partial charge in [0.1, 0.15) is 16.1 Å². The molecule has 0 radical (unpaired) electrons. The Morgan fingerprint density at radius 2 is 1.56 bits per heavy atom. The Hall–Kier alpha value is -2.09. The van der Waals surface area contributed by atoms with E-state index in [1.165, 1.54) is 12.1 Å². The van der Waals surface area contributed by atoms with Gasteiger partial charge < -0.3 is 4.74 Å². The predicted octanol–water partition coefficient (Wildman–Crippen LogP) is 5.09. The number of aromatic nitrogens is 1. The summed E-state index contributed by atoms with van der Waals surface area (Å²) >= 11 is 9.03. The van der Waals surface area contributed by atoms with E-state index in [0.717, 1.165) is 0 Å². The fraction of sp³-hybridized carbons (Fsp3) is 0. The molecule has 3 aromatic rings. The van der Waals surface area contributed by atoms with Gasteiger partial charge in [0.25, 0.3) is 10.0 Å². The van der Waals surface area contributed by atoms with Gasteiger partial charge in [0.15, 0.2) is 0 Å². The number of hydrogen-bond acceptors (Lipinski definition) is 4. The van der Waals surface area contributed by atoms with E-state index in [1.54, 1.807) is 54.7 Å². The molecule has 1 aromatic heterocycles. The summed E-state index contributed by atoms with van der Waals surface area (Å²) in [5, 5.41) is 0.612. The molecular formula is C17H12BrClN2O3S. The van der Waals surface area contributed by atoms with Crippen molar-refractivity contribution in [2.45, 2.75) is 4.90 Å². The van der Waals surface area contributed by atoms with Gasteiger partial charge in [0.2, 0.25) is 0 Å². The lowest BCUT2D eigenvalue weighted by molar-refractivity contribution is 0.482. The second kappa shape index (κ2) is 7.43. The summed E-state index contributed by atoms with van der Waals surface area (Å²) in [7, 11) is -3.72. The maximum atomic E-state index is 12.4. The first-order valence-electron chi connectivity index (χ1n) is 7.11. The number of rotatable bonds is 5. The molecule has 0 saturated carbocycles. The minimum atomic E-state index is -3.72. The van der Waals surface area contributed by atoms with Gasteiger partial charge in [-0.15, -0.1) is 0 Å². The zero-order chi connectivity index (χ0) is 17.9. The van der Waals surface area contributed by atoms with Gasteiger partial charge >= 0.3 is 0 Å². The summed E-state index contributed by atoms with van der Waals surface area (Å²) in [5.74, 6) is 1.13. The topological polar surface area (TPSA) is 68.3 Å². The highest BCUT2D eigenvalue weighted by Crippen LogP contribution is 2.26. The molecule has 0 saturated heterocycles. The molecule has 0 unspecified atom stereocenters. The van der Waals surface area contributed by atoms with Gasteiger partial charge in [0, 0.05) is 11.2 Å². The van der Waals surface area contributed by atoms with Crippen LogP contribution in [-0.2, 0) is 10.0 Å². The van der Waals surface area contributed by atoms with Crippen LogP contribution in [0.25, 0.3) is 0 Å². The third-order valence-corrected chi connectivity index (χ3v) is 5.45. The third kappa shape index (κ3) is 4.50. The van der Waals surface area contributed by atoms with Crippen LogP contribution >= 0.6 is 27.5 Å². The molecule has 1 heterocycles. The van der Waals surface area contributed by atoms with E-state index in [-0.39, 0.29) is 4.90 Å². The Kier molecular flexibility index (Phi) is 5.27. The van der Waals surface area contributed by atoms with Gasteiger partial charge in [-0.2, -0.15) is 0 Å². The molecule has 0 bridgehead atoms. The van der Waals surface area contributed by atoms with Crippen LogP contribution < -0.4 is 9.46 Å². The minimum absolute atomic E-state index is 0.117. The summed E-state index contributed by atoms with van der Waals surface area (Å²) < 4.78 is 33.4. The first kappa shape index (κ1) is 17.7. The summed E-state index contributed by atoms with van der Waals surface area (Å²) in [4.78, 5) is 4.10. The second-order valence-corrected chi connectivity index (χ2v) is 7.84. The molecule has 25 heavy (non-hydrogen) atoms. The fourth-order valence-corrected chi connectivity index (χ4v) is 3.66. The van der Waals surface area contributed by atoms with Crippen molar-refractivity contribution in [1.29, 1.82) is 0 Å². The molecule has 0 aliphatic carbocycles. The van der Waals surface area contributed by atoms with Crippen molar-refractivity contribution < 1.29 is 13.2 Å². The van der Waals surface area contributed by atoms with E-state index in [1.807, 2.05) is 0 Å². The molecule has 1 N–H and O–H groups in total. The molecule has 128 valence electrons. The molecule has 0 atom stereocenters. The highest BCUT2D eigenvalue weighted by atomic mass is 79.9. The number of hydrogen-bond donors (Lipinski definition) is 1. The average Bonchev–Trinajstić information content (AvgIpc) is 2.59. The second-order valence-electron chi connectivity index (χ2n) is 4.97. The predicted molar refractivity (Wildman–Crippen MR) is 101 cm³/mol. The van der Waals surface area contributed by atoms with Crippen molar-refractivity contribution in [3.8, 4) is 11.5 Å². The molecule has 5 nitrogen and oxygen atoms in total. The lowest BCUT2D eigenvalue weighted by Gasteiger charge is -2.10. The zero-order valence-corrected chi connectivity index (χ0v) is 15.8. The van der Waals surface area contributed by atoms with Crippen molar-refractivity contribution in [3.05, 3.63) is 76.5 Å². The molecule has 0 amide bonds. The Bertz CT molecular complexity index is 978. The van der Waals surface area contributed by atoms with E-state index >= 15 is 0 Å². The standard InChI is InChI=1S/C17H12BrClN2O3S/c18-17-16(2-1-11-20-17)21-25(22,23)15-9-7-14(8-10-15)24-13-5-3-12(19)4-6-13/h1-11,21H. The number of pyridine rings is 1. The van der Waals surface area contributed by atoms with Crippen molar-refractivity contribution in [2.24, 2.45) is 0 Å². The van der Waals surface area contributed by atoms with E-state index in [0.29, 0.717) is 26.8 Å². The first-order valence-corrected chi connectivity index (χ1v) is 9.76. The Morgan fingerprint density at radius 1 is 0.960 bits per heavy atom. The van der Waals surface area contributed by atoms with E-state index in [2.05, 4.69) is 25.6 Å². The van der Waals surface area contributed by atoms with Gasteiger partial charge in [-0.1, -0.05) is 11.6 Å². The number of sulfonamides is 1. The number of ether oxygens (including phenoxy) is 1. The van der Waals surface area contributed by atoms with Gasteiger partial charge in [-0.3, -0.25) is 4.72 Å². The van der Waals surface area contributed by atoms with E-state index in [4.69, 9.17) is 16.3 Å². The van der Waals surface area contributed by atoms with Crippen molar-refractivity contribution in [1.82, 2.24) is 4.98 Å². The number of benzene rings is 2. The Labute approximate surface area is 158 Å². The smallest absolute Gasteiger partial charge is 0.261 e. The molecule has 8 heteroatoms. The van der Waals surface area contributed by atoms with Crippen LogP contribution in [0.2, 0.25) is 5.02 Å². The van der Waals surface area contributed by atoms with Gasteiger partial charge in [0.05, 0.1) is 10.6 Å². The zero-order valence-electron chi connectivity index (χ0n) is 12.7. The molecular weight excluding hydrogens is 428 g/mol. The fourth-order valence-electron chi connectivity index (χ4n) is 1.99. The summed E-state index contributed by atoms with van der Waals surface area (Å²) in [5.41, 5.74) is 0.365. The number of nitrogens with one attached hydrogen (secondary N) is 1. The van der Waals surface area contributed by atoms with Crippen LogP contribution in [0.1, 0.15) is 0 Å². The van der Waals surface area contributed by atoms with Crippen LogP contribution in [0.4, 0.5) is 5.69 Å². The van der Waals surface area contributed by atoms with Crippen LogP contribution in [-0.4, -0.2) is 13.4 Å². The maximum Gasteiger partial charge on any atom is 0.261 e. The first-order chi connectivity index (χ1) is 11.9. The van der Waals surface area contributed by atoms with E-state index < -0.39 is 10.0 Å². The lowest BCUT2D eigenvalue weighted by atomic mass is 10.3. The minimum Gasteiger partial charge on any atom is -0.457 e. The van der Waals surface area contributed by atoms with Gasteiger partial charge in [-0.05, 0) is 76.6 Å². The average molecular weight is 440 g/mol. The normalized spacial score (nSPS) is 11.1. The number of anilines is 1. The molecule has 0 aliphatic heterocycles. The molecule has 0 aliphatic rings. The highest BCUT2D eigenvalue weighted by molar-refractivity contribution is 9.10. The molecule has 0 fully saturated rings. The van der Waals surface area contributed by atoms with E-state index in [9.17, 15) is 8.42 Å². The monoisotopic (exact) mass is 438 g/mol. The third-order valence-electron chi connectivity index (χ3n) is 3.19. The SMILES string of the molecule is O=S(=O)(Nc1cccnc1Br)c1ccc(Oc2ccc(Cl)cc2)cc1. The van der Waals surface area contributed by atoms with Crippen LogP contribution in [0, 0.1) is 0 Å². The number of halogens is 2. The maximum absolute atomic E-state index is 12.4. The van der Waals surface area contributed by atoms with Crippen LogP contribution in [0.3, 0.4) is 0 Å². The number of nitrogens with zero attached hydrogens (tertiary/aromatic N) is 1. The summed E-state index contributed by atoms with van der Waals surface area (Å²) in [6, 6.07) is 16.3. The Balaban J connectivity index is 1.77. The quantitative estimate of drug-likeness (QED) is 0.562. The summed E-state index contributed by atoms with van der Waals surface area (Å²) in [6.45, 7) is 0. The molecule has 3 rings (SSSR count). The lowest BCUT2D eigenvalue weighted by Crippen LogP contribution is -2.13. The van der Waals surface area contributed by atoms with Crippen LogP contribution in [0.5, 0.6) is 11.5 Å². The molecule has 0 spiro atoms. The highest BCUT2D eigenvalue weighted by Gasteiger charge is 2.16. The van der Waals surface area contributed by atoms with Crippen LogP contribution in [0.15, 0.2) is 76.4 Å². The summed E-state index contributed by atoms with van der Waals surface area (Å²) in [6.07, 6.45) is 1.56. The molecule has 2 aromatic carbocycles. The van der Waals surface area contributed by atoms with Gasteiger partial charge in [-0.25, -0.2) is 13.4 Å². The van der Waals surface area contributed by atoms with Crippen molar-refractivity contribution in [2.75, 3.05) is 4.72 Å².